The Bertz CT molecular complexity index is 321. The van der Waals surface area contributed by atoms with Crippen LogP contribution in [0.4, 0.5) is 0 Å². The Hall–Kier alpha value is -0.120. The summed E-state index contributed by atoms with van der Waals surface area (Å²) in [6.45, 7) is 6.55. The van der Waals surface area contributed by atoms with Gasteiger partial charge in [0.25, 0.3) is 0 Å². The quantitative estimate of drug-likeness (QED) is 0.783. The van der Waals surface area contributed by atoms with Crippen LogP contribution in [0.25, 0.3) is 0 Å². The molecule has 0 bridgehead atoms. The monoisotopic (exact) mass is 263 g/mol. The van der Waals surface area contributed by atoms with E-state index in [4.69, 9.17) is 0 Å². The molecule has 1 N–H and O–H groups in total. The molecule has 0 amide bonds. The van der Waals surface area contributed by atoms with Crippen molar-refractivity contribution in [3.63, 3.8) is 0 Å². The fourth-order valence-electron chi connectivity index (χ4n) is 4.90. The van der Waals surface area contributed by atoms with E-state index in [2.05, 4.69) is 15.3 Å². The fraction of sp³-hybridized carbons (Fsp3) is 1.00. The molecule has 3 nitrogen and oxygen atoms in total. The van der Waals surface area contributed by atoms with Crippen LogP contribution in [0.3, 0.4) is 0 Å². The van der Waals surface area contributed by atoms with Crippen molar-refractivity contribution in [2.45, 2.75) is 63.3 Å². The molecule has 0 unspecified atom stereocenters. The maximum atomic E-state index is 3.84. The molecule has 1 saturated carbocycles. The zero-order chi connectivity index (χ0) is 12.8. The summed E-state index contributed by atoms with van der Waals surface area (Å²) in [5.41, 5.74) is 1.26. The average Bonchev–Trinajstić information content (AvgIpc) is 2.86. The van der Waals surface area contributed by atoms with Crippen molar-refractivity contribution in [1.29, 1.82) is 0 Å². The Morgan fingerprint density at radius 3 is 2.05 bits per heavy atom. The van der Waals surface area contributed by atoms with Crippen LogP contribution in [0.5, 0.6) is 0 Å². The first kappa shape index (κ1) is 12.6. The molecule has 19 heavy (non-hydrogen) atoms. The predicted octanol–water partition coefficient (Wildman–Crippen LogP) is 2.39. The van der Waals surface area contributed by atoms with E-state index in [9.17, 15) is 0 Å². The third-order valence-electron chi connectivity index (χ3n) is 6.51. The number of hydrogen-bond donors (Lipinski definition) is 1. The van der Waals surface area contributed by atoms with Crippen LogP contribution in [0.15, 0.2) is 0 Å². The number of hydrazine groups is 1. The van der Waals surface area contributed by atoms with Gasteiger partial charge in [-0.05, 0) is 56.9 Å². The van der Waals surface area contributed by atoms with Gasteiger partial charge < -0.3 is 5.32 Å². The lowest BCUT2D eigenvalue weighted by atomic mass is 9.68. The lowest BCUT2D eigenvalue weighted by Crippen LogP contribution is -2.58. The highest BCUT2D eigenvalue weighted by molar-refractivity contribution is 4.98. The Morgan fingerprint density at radius 1 is 0.684 bits per heavy atom. The number of piperidine rings is 2. The maximum Gasteiger partial charge on any atom is 0.0206 e. The van der Waals surface area contributed by atoms with Crippen LogP contribution in [0.2, 0.25) is 0 Å². The molecule has 3 heteroatoms. The van der Waals surface area contributed by atoms with E-state index in [0.29, 0.717) is 5.54 Å². The molecule has 0 aromatic rings. The molecular weight excluding hydrogens is 234 g/mol. The zero-order valence-electron chi connectivity index (χ0n) is 12.3. The van der Waals surface area contributed by atoms with Crippen LogP contribution >= 0.6 is 0 Å². The summed E-state index contributed by atoms with van der Waals surface area (Å²) in [5, 5.41) is 9.23. The third-order valence-corrected chi connectivity index (χ3v) is 6.51. The smallest absolute Gasteiger partial charge is 0.0206 e. The highest BCUT2D eigenvalue weighted by Crippen LogP contribution is 2.48. The minimum atomic E-state index is 0.516. The molecule has 0 atom stereocenters. The maximum absolute atomic E-state index is 3.84. The van der Waals surface area contributed by atoms with Gasteiger partial charge in [-0.25, -0.2) is 10.0 Å². The molecule has 3 aliphatic heterocycles. The lowest BCUT2D eigenvalue weighted by molar-refractivity contribution is -0.0571. The van der Waals surface area contributed by atoms with Crippen molar-refractivity contribution in [3.8, 4) is 0 Å². The first-order valence-corrected chi connectivity index (χ1v) is 8.54. The van der Waals surface area contributed by atoms with E-state index in [1.807, 2.05) is 0 Å². The first-order valence-electron chi connectivity index (χ1n) is 8.54. The highest BCUT2D eigenvalue weighted by Gasteiger charge is 2.45. The van der Waals surface area contributed by atoms with Gasteiger partial charge in [-0.3, -0.25) is 0 Å². The summed E-state index contributed by atoms with van der Waals surface area (Å²) < 4.78 is 0. The summed E-state index contributed by atoms with van der Waals surface area (Å²) in [6, 6.07) is 0. The second-order valence-electron chi connectivity index (χ2n) is 7.61. The minimum Gasteiger partial charge on any atom is -0.311 e. The molecule has 0 aromatic carbocycles. The molecular formula is C16H29N3. The summed E-state index contributed by atoms with van der Waals surface area (Å²) in [5.74, 6) is 0. The lowest BCUT2D eigenvalue weighted by Gasteiger charge is -2.47. The van der Waals surface area contributed by atoms with Crippen LogP contribution in [0.1, 0.15) is 57.8 Å². The van der Waals surface area contributed by atoms with E-state index in [-0.39, 0.29) is 0 Å². The topological polar surface area (TPSA) is 18.5 Å². The largest absolute Gasteiger partial charge is 0.311 e. The van der Waals surface area contributed by atoms with E-state index in [1.165, 1.54) is 90.5 Å². The van der Waals surface area contributed by atoms with Gasteiger partial charge in [-0.1, -0.05) is 12.8 Å². The van der Waals surface area contributed by atoms with Crippen molar-refractivity contribution in [2.24, 2.45) is 5.41 Å². The van der Waals surface area contributed by atoms with E-state index in [0.717, 1.165) is 5.41 Å². The van der Waals surface area contributed by atoms with Gasteiger partial charge in [-0.15, -0.1) is 0 Å². The summed E-state index contributed by atoms with van der Waals surface area (Å²) in [4.78, 5) is 0. The number of nitrogens with one attached hydrogen (secondary N) is 1. The SMILES string of the molecule is C1CCC2(CCN(N3CCC4(CCC4)C3)CC2)NC1. The van der Waals surface area contributed by atoms with Gasteiger partial charge in [-0.2, -0.15) is 0 Å². The summed E-state index contributed by atoms with van der Waals surface area (Å²) >= 11 is 0. The predicted molar refractivity (Wildman–Crippen MR) is 77.9 cm³/mol. The molecule has 3 saturated heterocycles. The van der Waals surface area contributed by atoms with Crippen LogP contribution in [-0.4, -0.2) is 48.3 Å². The fourth-order valence-corrected chi connectivity index (χ4v) is 4.90. The molecule has 1 aliphatic carbocycles. The van der Waals surface area contributed by atoms with Gasteiger partial charge in [0.05, 0.1) is 0 Å². The molecule has 4 fully saturated rings. The number of rotatable bonds is 1. The van der Waals surface area contributed by atoms with Crippen molar-refractivity contribution in [2.75, 3.05) is 32.7 Å². The third kappa shape index (κ3) is 2.24. The average molecular weight is 263 g/mol. The van der Waals surface area contributed by atoms with Gasteiger partial charge in [0.15, 0.2) is 0 Å². The molecule has 2 spiro atoms. The van der Waals surface area contributed by atoms with Gasteiger partial charge >= 0.3 is 0 Å². The first-order chi connectivity index (χ1) is 9.29. The van der Waals surface area contributed by atoms with E-state index in [1.54, 1.807) is 0 Å². The standard InChI is InChI=1S/C16H29N3/c1-2-10-17-16(6-1)8-12-18(13-9-16)19-11-7-15(14-19)4-3-5-15/h17H,1-14H2. The molecule has 4 rings (SSSR count). The number of hydrogen-bond acceptors (Lipinski definition) is 3. The van der Waals surface area contributed by atoms with E-state index >= 15 is 0 Å². The van der Waals surface area contributed by atoms with Crippen LogP contribution < -0.4 is 5.32 Å². The molecule has 0 radical (unpaired) electrons. The number of nitrogens with zero attached hydrogens (tertiary/aromatic N) is 2. The van der Waals surface area contributed by atoms with Crippen molar-refractivity contribution < 1.29 is 0 Å². The highest BCUT2D eigenvalue weighted by atomic mass is 15.6. The van der Waals surface area contributed by atoms with E-state index < -0.39 is 0 Å². The zero-order valence-corrected chi connectivity index (χ0v) is 12.3. The van der Waals surface area contributed by atoms with Gasteiger partial charge in [0.2, 0.25) is 0 Å². The Kier molecular flexibility index (Phi) is 3.13. The van der Waals surface area contributed by atoms with Gasteiger partial charge in [0.1, 0.15) is 0 Å². The Morgan fingerprint density at radius 2 is 1.47 bits per heavy atom. The van der Waals surface area contributed by atoms with Crippen molar-refractivity contribution in [1.82, 2.24) is 15.3 Å². The van der Waals surface area contributed by atoms with Crippen molar-refractivity contribution >= 4 is 0 Å². The van der Waals surface area contributed by atoms with Gasteiger partial charge in [0, 0.05) is 31.7 Å². The second-order valence-corrected chi connectivity index (χ2v) is 7.61. The molecule has 0 aromatic heterocycles. The second kappa shape index (κ2) is 4.71. The molecule has 108 valence electrons. The minimum absolute atomic E-state index is 0.516. The molecule has 3 heterocycles. The summed E-state index contributed by atoms with van der Waals surface area (Å²) in [7, 11) is 0. The van der Waals surface area contributed by atoms with Crippen molar-refractivity contribution in [3.05, 3.63) is 0 Å². The Balaban J connectivity index is 1.33. The molecule has 4 aliphatic rings. The normalized spacial score (nSPS) is 34.7. The Labute approximate surface area is 117 Å². The van der Waals surface area contributed by atoms with Crippen LogP contribution in [0, 0.1) is 5.41 Å². The van der Waals surface area contributed by atoms with Crippen LogP contribution in [-0.2, 0) is 0 Å². The summed E-state index contributed by atoms with van der Waals surface area (Å²) in [6.07, 6.45) is 13.0.